The molecule has 2 aromatic heterocycles. The van der Waals surface area contributed by atoms with Crippen LogP contribution in [-0.4, -0.2) is 56.0 Å². The van der Waals surface area contributed by atoms with E-state index in [4.69, 9.17) is 0 Å². The van der Waals surface area contributed by atoms with Gasteiger partial charge in [0.1, 0.15) is 5.60 Å². The molecule has 1 amide bonds. The SMILES string of the molecule is Cc1cc(C)n(CCCC(=O)NCC2(O)CCN(c3ncccn3)C2)n1. The maximum atomic E-state index is 12.1. The van der Waals surface area contributed by atoms with Gasteiger partial charge in [-0.15, -0.1) is 0 Å². The second kappa shape index (κ2) is 7.82. The molecule has 1 unspecified atom stereocenters. The Hall–Kier alpha value is -2.48. The van der Waals surface area contributed by atoms with Gasteiger partial charge in [0.05, 0.1) is 12.2 Å². The summed E-state index contributed by atoms with van der Waals surface area (Å²) >= 11 is 0. The van der Waals surface area contributed by atoms with Gasteiger partial charge in [0.2, 0.25) is 11.9 Å². The first-order valence-electron chi connectivity index (χ1n) is 8.97. The minimum Gasteiger partial charge on any atom is -0.386 e. The Labute approximate surface area is 153 Å². The number of aryl methyl sites for hydroxylation is 3. The number of hydrogen-bond acceptors (Lipinski definition) is 6. The summed E-state index contributed by atoms with van der Waals surface area (Å²) in [5, 5.41) is 17.9. The molecule has 8 heteroatoms. The zero-order valence-electron chi connectivity index (χ0n) is 15.4. The summed E-state index contributed by atoms with van der Waals surface area (Å²) in [5.74, 6) is 0.564. The Morgan fingerprint density at radius 1 is 1.35 bits per heavy atom. The lowest BCUT2D eigenvalue weighted by Crippen LogP contribution is -2.45. The number of rotatable bonds is 7. The van der Waals surface area contributed by atoms with Crippen LogP contribution in [0.3, 0.4) is 0 Å². The van der Waals surface area contributed by atoms with Gasteiger partial charge in [-0.25, -0.2) is 9.97 Å². The largest absolute Gasteiger partial charge is 0.386 e. The minimum atomic E-state index is -0.940. The van der Waals surface area contributed by atoms with Gasteiger partial charge in [0.15, 0.2) is 0 Å². The second-order valence-corrected chi connectivity index (χ2v) is 6.98. The zero-order chi connectivity index (χ0) is 18.6. The van der Waals surface area contributed by atoms with Crippen LogP contribution in [0.2, 0.25) is 0 Å². The Bertz CT molecular complexity index is 747. The van der Waals surface area contributed by atoms with E-state index in [-0.39, 0.29) is 12.5 Å². The summed E-state index contributed by atoms with van der Waals surface area (Å²) < 4.78 is 1.92. The third kappa shape index (κ3) is 4.57. The van der Waals surface area contributed by atoms with Gasteiger partial charge >= 0.3 is 0 Å². The molecule has 0 aromatic carbocycles. The molecule has 1 saturated heterocycles. The molecular weight excluding hydrogens is 332 g/mol. The molecule has 1 fully saturated rings. The standard InChI is InChI=1S/C18H26N6O2/c1-14-11-15(2)24(22-14)9-3-5-16(25)21-12-18(26)6-10-23(13-18)17-19-7-4-8-20-17/h4,7-8,11,26H,3,5-6,9-10,12-13H2,1-2H3,(H,21,25). The van der Waals surface area contributed by atoms with Crippen LogP contribution in [0.4, 0.5) is 5.95 Å². The summed E-state index contributed by atoms with van der Waals surface area (Å²) in [7, 11) is 0. The molecule has 1 aliphatic heterocycles. The first-order valence-corrected chi connectivity index (χ1v) is 8.97. The van der Waals surface area contributed by atoms with Crippen LogP contribution in [0.25, 0.3) is 0 Å². The third-order valence-corrected chi connectivity index (χ3v) is 4.66. The number of β-amino-alcohol motifs (C(OH)–C–C–N with tert-alkyl or cyclic N) is 1. The third-order valence-electron chi connectivity index (χ3n) is 4.66. The molecule has 2 aromatic rings. The molecule has 140 valence electrons. The van der Waals surface area contributed by atoms with Crippen LogP contribution in [-0.2, 0) is 11.3 Å². The van der Waals surface area contributed by atoms with Gasteiger partial charge in [-0.05, 0) is 38.8 Å². The Kier molecular flexibility index (Phi) is 5.51. The van der Waals surface area contributed by atoms with Crippen LogP contribution < -0.4 is 10.2 Å². The predicted molar refractivity (Wildman–Crippen MR) is 97.8 cm³/mol. The fourth-order valence-corrected chi connectivity index (χ4v) is 3.27. The molecule has 0 spiro atoms. The first kappa shape index (κ1) is 18.3. The maximum absolute atomic E-state index is 12.1. The van der Waals surface area contributed by atoms with Crippen molar-refractivity contribution in [2.45, 2.75) is 45.3 Å². The minimum absolute atomic E-state index is 0.0469. The zero-order valence-corrected chi connectivity index (χ0v) is 15.4. The van der Waals surface area contributed by atoms with E-state index in [2.05, 4.69) is 20.4 Å². The lowest BCUT2D eigenvalue weighted by molar-refractivity contribution is -0.122. The molecule has 8 nitrogen and oxygen atoms in total. The van der Waals surface area contributed by atoms with E-state index in [1.165, 1.54) is 0 Å². The summed E-state index contributed by atoms with van der Waals surface area (Å²) in [5.41, 5.74) is 1.15. The van der Waals surface area contributed by atoms with E-state index in [0.717, 1.165) is 24.4 Å². The van der Waals surface area contributed by atoms with Gasteiger partial charge in [-0.2, -0.15) is 5.10 Å². The fraction of sp³-hybridized carbons (Fsp3) is 0.556. The van der Waals surface area contributed by atoms with Crippen LogP contribution in [0.1, 0.15) is 30.7 Å². The second-order valence-electron chi connectivity index (χ2n) is 6.98. The van der Waals surface area contributed by atoms with Crippen LogP contribution in [0.5, 0.6) is 0 Å². The molecule has 26 heavy (non-hydrogen) atoms. The summed E-state index contributed by atoms with van der Waals surface area (Å²) in [6, 6.07) is 3.79. The topological polar surface area (TPSA) is 96.2 Å². The van der Waals surface area contributed by atoms with E-state index in [1.54, 1.807) is 18.5 Å². The predicted octanol–water partition coefficient (Wildman–Crippen LogP) is 0.828. The fourth-order valence-electron chi connectivity index (χ4n) is 3.27. The smallest absolute Gasteiger partial charge is 0.225 e. The highest BCUT2D eigenvalue weighted by Gasteiger charge is 2.37. The van der Waals surface area contributed by atoms with Crippen molar-refractivity contribution in [3.63, 3.8) is 0 Å². The van der Waals surface area contributed by atoms with Crippen LogP contribution in [0, 0.1) is 13.8 Å². The average molecular weight is 358 g/mol. The number of nitrogens with zero attached hydrogens (tertiary/aromatic N) is 5. The Morgan fingerprint density at radius 3 is 2.81 bits per heavy atom. The molecule has 3 heterocycles. The van der Waals surface area contributed by atoms with Gasteiger partial charge in [-0.1, -0.05) is 0 Å². The Morgan fingerprint density at radius 2 is 2.12 bits per heavy atom. The molecule has 0 radical (unpaired) electrons. The van der Waals surface area contributed by atoms with Gasteiger partial charge < -0.3 is 15.3 Å². The lowest BCUT2D eigenvalue weighted by Gasteiger charge is -2.23. The maximum Gasteiger partial charge on any atom is 0.225 e. The quantitative estimate of drug-likeness (QED) is 0.761. The molecule has 0 aliphatic carbocycles. The number of amides is 1. The van der Waals surface area contributed by atoms with E-state index in [9.17, 15) is 9.90 Å². The monoisotopic (exact) mass is 358 g/mol. The molecular formula is C18H26N6O2. The Balaban J connectivity index is 1.41. The highest BCUT2D eigenvalue weighted by atomic mass is 16.3. The highest BCUT2D eigenvalue weighted by Crippen LogP contribution is 2.23. The van der Waals surface area contributed by atoms with Crippen molar-refractivity contribution in [3.05, 3.63) is 35.9 Å². The van der Waals surface area contributed by atoms with Gasteiger partial charge in [0, 0.05) is 44.1 Å². The van der Waals surface area contributed by atoms with E-state index >= 15 is 0 Å². The van der Waals surface area contributed by atoms with E-state index < -0.39 is 5.60 Å². The van der Waals surface area contributed by atoms with Crippen LogP contribution in [0.15, 0.2) is 24.5 Å². The molecule has 0 saturated carbocycles. The van der Waals surface area contributed by atoms with E-state index in [1.807, 2.05) is 29.5 Å². The highest BCUT2D eigenvalue weighted by molar-refractivity contribution is 5.75. The molecule has 1 atom stereocenters. The number of anilines is 1. The normalized spacial score (nSPS) is 19.7. The van der Waals surface area contributed by atoms with Crippen molar-refractivity contribution in [2.24, 2.45) is 0 Å². The van der Waals surface area contributed by atoms with Crippen molar-refractivity contribution in [1.29, 1.82) is 0 Å². The number of nitrogens with one attached hydrogen (secondary N) is 1. The number of carbonyl (C=O) groups is 1. The van der Waals surface area contributed by atoms with Crippen LogP contribution >= 0.6 is 0 Å². The van der Waals surface area contributed by atoms with Gasteiger partial charge in [-0.3, -0.25) is 9.48 Å². The number of aliphatic hydroxyl groups is 1. The molecule has 0 bridgehead atoms. The van der Waals surface area contributed by atoms with Crippen molar-refractivity contribution in [2.75, 3.05) is 24.5 Å². The summed E-state index contributed by atoms with van der Waals surface area (Å²) in [6.45, 7) is 6.03. The van der Waals surface area contributed by atoms with Crippen molar-refractivity contribution in [3.8, 4) is 0 Å². The van der Waals surface area contributed by atoms with Crippen molar-refractivity contribution < 1.29 is 9.90 Å². The first-order chi connectivity index (χ1) is 12.5. The molecule has 1 aliphatic rings. The summed E-state index contributed by atoms with van der Waals surface area (Å²) in [4.78, 5) is 22.4. The molecule has 3 rings (SSSR count). The van der Waals surface area contributed by atoms with Gasteiger partial charge in [0.25, 0.3) is 0 Å². The molecule has 2 N–H and O–H groups in total. The lowest BCUT2D eigenvalue weighted by atomic mass is 10.0. The van der Waals surface area contributed by atoms with Crippen molar-refractivity contribution in [1.82, 2.24) is 25.1 Å². The number of hydrogen-bond donors (Lipinski definition) is 2. The summed E-state index contributed by atoms with van der Waals surface area (Å²) in [6.07, 6.45) is 5.09. The average Bonchev–Trinajstić information content (AvgIpc) is 3.17. The number of aromatic nitrogens is 4. The number of carbonyl (C=O) groups excluding carboxylic acids is 1. The van der Waals surface area contributed by atoms with E-state index in [0.29, 0.717) is 31.9 Å². The van der Waals surface area contributed by atoms with Crippen molar-refractivity contribution >= 4 is 11.9 Å².